The number of aliphatic carboxylic acids is 1. The van der Waals surface area contributed by atoms with Gasteiger partial charge < -0.3 is 39.7 Å². The molecular weight excluding hydrogens is 427 g/mol. The number of aliphatic hydroxyl groups is 4. The second-order valence-electron chi connectivity index (χ2n) is 5.76. The molecule has 2 heterocycles. The molecule has 0 aromatic carbocycles. The van der Waals surface area contributed by atoms with Crippen LogP contribution in [0.3, 0.4) is 0 Å². The van der Waals surface area contributed by atoms with E-state index in [2.05, 4.69) is 0 Å². The van der Waals surface area contributed by atoms with Crippen LogP contribution in [0.5, 0.6) is 0 Å². The van der Waals surface area contributed by atoms with E-state index in [1.165, 1.54) is 0 Å². The summed E-state index contributed by atoms with van der Waals surface area (Å²) in [4.78, 5) is 10.9. The highest BCUT2D eigenvalue weighted by Gasteiger charge is 2.47. The van der Waals surface area contributed by atoms with Crippen molar-refractivity contribution in [1.82, 2.24) is 0 Å². The van der Waals surface area contributed by atoms with Crippen LogP contribution in [0, 0.1) is 0 Å². The zero-order chi connectivity index (χ0) is 17.3. The van der Waals surface area contributed by atoms with Gasteiger partial charge in [0, 0.05) is 0 Å². The molecule has 5 N–H and O–H groups in total. The summed E-state index contributed by atoms with van der Waals surface area (Å²) >= 11 is 2.01. The Balaban J connectivity index is 2.07. The molecule has 0 aromatic rings. The van der Waals surface area contributed by atoms with Gasteiger partial charge in [0.25, 0.3) is 0 Å². The van der Waals surface area contributed by atoms with Crippen LogP contribution in [0.4, 0.5) is 0 Å². The number of rotatable bonds is 4. The first kappa shape index (κ1) is 19.2. The number of ether oxygens (including phenoxy) is 3. The molecule has 0 bridgehead atoms. The van der Waals surface area contributed by atoms with Gasteiger partial charge in [-0.3, -0.25) is 4.79 Å². The third-order valence-corrected chi connectivity index (χ3v) is 5.71. The first-order chi connectivity index (χ1) is 10.7. The largest absolute Gasteiger partial charge is 0.481 e. The van der Waals surface area contributed by atoms with Crippen molar-refractivity contribution < 1.29 is 44.5 Å². The first-order valence-electron chi connectivity index (χ1n) is 7.23. The van der Waals surface area contributed by atoms with E-state index >= 15 is 0 Å². The van der Waals surface area contributed by atoms with Gasteiger partial charge in [0.15, 0.2) is 6.29 Å². The van der Waals surface area contributed by atoms with Crippen molar-refractivity contribution in [2.75, 3.05) is 6.61 Å². The fraction of sp³-hybridized carbons (Fsp3) is 0.923. The molecule has 0 aliphatic carbocycles. The Kier molecular flexibility index (Phi) is 6.58. The Morgan fingerprint density at radius 3 is 2.48 bits per heavy atom. The van der Waals surface area contributed by atoms with E-state index in [4.69, 9.17) is 19.3 Å². The fourth-order valence-electron chi connectivity index (χ4n) is 2.65. The molecule has 2 rings (SSSR count). The Bertz CT molecular complexity index is 422. The van der Waals surface area contributed by atoms with E-state index < -0.39 is 48.9 Å². The minimum Gasteiger partial charge on any atom is -0.481 e. The second kappa shape index (κ2) is 7.87. The van der Waals surface area contributed by atoms with Crippen LogP contribution in [-0.4, -0.2) is 91.1 Å². The molecule has 10 heteroatoms. The molecule has 2 saturated heterocycles. The number of carboxylic acids is 1. The SMILES string of the molecule is CC1OC(CC(=O)O)[C@@H](O)C(O[C@@H]2OC[C@@H](O)C(O)C2O)C1I. The summed E-state index contributed by atoms with van der Waals surface area (Å²) in [6.45, 7) is 1.51. The first-order valence-corrected chi connectivity index (χ1v) is 8.47. The van der Waals surface area contributed by atoms with E-state index in [0.717, 1.165) is 0 Å². The van der Waals surface area contributed by atoms with Gasteiger partial charge >= 0.3 is 5.97 Å². The molecule has 9 nitrogen and oxygen atoms in total. The number of halogens is 1. The van der Waals surface area contributed by atoms with E-state index in [9.17, 15) is 25.2 Å². The molecule has 0 aromatic heterocycles. The van der Waals surface area contributed by atoms with E-state index in [0.29, 0.717) is 0 Å². The molecular formula is C13H21IO9. The van der Waals surface area contributed by atoms with Crippen LogP contribution in [0.2, 0.25) is 0 Å². The third kappa shape index (κ3) is 4.31. The predicted octanol–water partition coefficient (Wildman–Crippen LogP) is -1.76. The molecule has 2 aliphatic heterocycles. The highest BCUT2D eigenvalue weighted by molar-refractivity contribution is 14.1. The predicted molar refractivity (Wildman–Crippen MR) is 83.0 cm³/mol. The lowest BCUT2D eigenvalue weighted by Gasteiger charge is -2.44. The number of hydrogen-bond donors (Lipinski definition) is 5. The maximum atomic E-state index is 10.9. The Labute approximate surface area is 146 Å². The lowest BCUT2D eigenvalue weighted by molar-refractivity contribution is -0.302. The van der Waals surface area contributed by atoms with Crippen LogP contribution in [0.1, 0.15) is 13.3 Å². The summed E-state index contributed by atoms with van der Waals surface area (Å²) in [6.07, 6.45) is -9.17. The highest BCUT2D eigenvalue weighted by atomic mass is 127. The summed E-state index contributed by atoms with van der Waals surface area (Å²) in [5.41, 5.74) is 0. The van der Waals surface area contributed by atoms with Gasteiger partial charge in [0.05, 0.1) is 29.2 Å². The van der Waals surface area contributed by atoms with Crippen molar-refractivity contribution in [3.8, 4) is 0 Å². The van der Waals surface area contributed by atoms with Crippen LogP contribution >= 0.6 is 22.6 Å². The molecule has 23 heavy (non-hydrogen) atoms. The minimum absolute atomic E-state index is 0.220. The highest BCUT2D eigenvalue weighted by Crippen LogP contribution is 2.32. The molecule has 2 fully saturated rings. The van der Waals surface area contributed by atoms with Crippen LogP contribution < -0.4 is 0 Å². The van der Waals surface area contributed by atoms with Gasteiger partial charge in [-0.25, -0.2) is 0 Å². The van der Waals surface area contributed by atoms with Gasteiger partial charge in [-0.15, -0.1) is 0 Å². The van der Waals surface area contributed by atoms with E-state index in [-0.39, 0.29) is 23.1 Å². The summed E-state index contributed by atoms with van der Waals surface area (Å²) in [6, 6.07) is 0. The quantitative estimate of drug-likeness (QED) is 0.249. The zero-order valence-electron chi connectivity index (χ0n) is 12.4. The summed E-state index contributed by atoms with van der Waals surface area (Å²) in [5, 5.41) is 48.2. The van der Waals surface area contributed by atoms with Crippen molar-refractivity contribution in [3.05, 3.63) is 0 Å². The number of carbonyl (C=O) groups is 1. The average Bonchev–Trinajstić information content (AvgIpc) is 2.48. The lowest BCUT2D eigenvalue weighted by atomic mass is 9.96. The standard InChI is InChI=1S/C13H21IO9/c1-4-8(14)12(10(19)6(22-4)2-7(16)17)23-13-11(20)9(18)5(15)3-21-13/h4-6,8-13,15,18-20H,2-3H2,1H3,(H,16,17)/t4?,5-,6?,8?,9?,10-,11?,12?,13+/m1/s1. The Morgan fingerprint density at radius 1 is 1.22 bits per heavy atom. The van der Waals surface area contributed by atoms with Gasteiger partial charge in [-0.2, -0.15) is 0 Å². The number of aliphatic hydroxyl groups excluding tert-OH is 4. The smallest absolute Gasteiger partial charge is 0.306 e. The van der Waals surface area contributed by atoms with Gasteiger partial charge in [0.2, 0.25) is 0 Å². The lowest BCUT2D eigenvalue weighted by Crippen LogP contribution is -2.60. The van der Waals surface area contributed by atoms with E-state index in [1.807, 2.05) is 22.6 Å². The molecule has 0 radical (unpaired) electrons. The Morgan fingerprint density at radius 2 is 1.87 bits per heavy atom. The molecule has 0 saturated carbocycles. The van der Waals surface area contributed by atoms with E-state index in [1.54, 1.807) is 6.92 Å². The van der Waals surface area contributed by atoms with Gasteiger partial charge in [-0.05, 0) is 6.92 Å². The number of alkyl halides is 1. The van der Waals surface area contributed by atoms with Crippen molar-refractivity contribution in [1.29, 1.82) is 0 Å². The number of hydrogen-bond acceptors (Lipinski definition) is 8. The molecule has 9 atom stereocenters. The summed E-state index contributed by atoms with van der Waals surface area (Å²) in [7, 11) is 0. The van der Waals surface area contributed by atoms with Crippen LogP contribution in [0.15, 0.2) is 0 Å². The van der Waals surface area contributed by atoms with Crippen molar-refractivity contribution in [2.24, 2.45) is 0 Å². The zero-order valence-corrected chi connectivity index (χ0v) is 14.5. The Hall–Kier alpha value is -0.0800. The molecule has 6 unspecified atom stereocenters. The van der Waals surface area contributed by atoms with Crippen molar-refractivity contribution in [3.63, 3.8) is 0 Å². The van der Waals surface area contributed by atoms with Crippen molar-refractivity contribution in [2.45, 2.75) is 66.3 Å². The minimum atomic E-state index is -1.48. The molecule has 0 spiro atoms. The topological polar surface area (TPSA) is 146 Å². The molecule has 0 amide bonds. The molecule has 134 valence electrons. The second-order valence-corrected chi connectivity index (χ2v) is 7.20. The normalized spacial score (nSPS) is 48.2. The molecule has 2 aliphatic rings. The maximum absolute atomic E-state index is 10.9. The van der Waals surface area contributed by atoms with Crippen molar-refractivity contribution >= 4 is 28.6 Å². The maximum Gasteiger partial charge on any atom is 0.306 e. The van der Waals surface area contributed by atoms with Crippen LogP contribution in [0.25, 0.3) is 0 Å². The van der Waals surface area contributed by atoms with Gasteiger partial charge in [0.1, 0.15) is 30.5 Å². The number of carboxylic acid groups (broad SMARTS) is 1. The summed E-state index contributed by atoms with van der Waals surface area (Å²) < 4.78 is 15.9. The van der Waals surface area contributed by atoms with Crippen LogP contribution in [-0.2, 0) is 19.0 Å². The summed E-state index contributed by atoms with van der Waals surface area (Å²) in [5.74, 6) is -1.11. The monoisotopic (exact) mass is 448 g/mol. The third-order valence-electron chi connectivity index (χ3n) is 3.99. The fourth-order valence-corrected chi connectivity index (χ4v) is 3.41. The van der Waals surface area contributed by atoms with Gasteiger partial charge in [-0.1, -0.05) is 22.6 Å². The average molecular weight is 448 g/mol.